The van der Waals surface area contributed by atoms with Crippen LogP contribution in [0.15, 0.2) is 34.2 Å². The Morgan fingerprint density at radius 2 is 2.00 bits per heavy atom. The smallest absolute Gasteiger partial charge is 0.262 e. The van der Waals surface area contributed by atoms with Crippen LogP contribution in [0.4, 0.5) is 0 Å². The van der Waals surface area contributed by atoms with E-state index < -0.39 is 0 Å². The lowest BCUT2D eigenvalue weighted by Gasteiger charge is -2.26. The van der Waals surface area contributed by atoms with E-state index >= 15 is 0 Å². The van der Waals surface area contributed by atoms with Crippen LogP contribution in [0, 0.1) is 0 Å². The van der Waals surface area contributed by atoms with Crippen molar-refractivity contribution in [2.45, 2.75) is 37.4 Å². The Hall–Kier alpha value is -1.86. The minimum Gasteiger partial charge on any atom is -0.385 e. The lowest BCUT2D eigenvalue weighted by atomic mass is 10.1. The van der Waals surface area contributed by atoms with Gasteiger partial charge in [0, 0.05) is 33.4 Å². The van der Waals surface area contributed by atoms with Crippen LogP contribution in [-0.4, -0.2) is 52.9 Å². The summed E-state index contributed by atoms with van der Waals surface area (Å²) in [6.45, 7) is 2.79. The van der Waals surface area contributed by atoms with E-state index in [0.717, 1.165) is 32.4 Å². The molecule has 2 aromatic rings. The fraction of sp³-hybridized carbons (Fsp3) is 0.526. The first-order valence-electron chi connectivity index (χ1n) is 9.10. The number of aromatic nitrogens is 2. The number of hydrogen-bond acceptors (Lipinski definition) is 5. The summed E-state index contributed by atoms with van der Waals surface area (Å²) in [5.74, 6) is 0.440. The number of thioether (sulfide) groups is 1. The molecule has 0 radical (unpaired) electrons. The van der Waals surface area contributed by atoms with Crippen molar-refractivity contribution in [1.29, 1.82) is 0 Å². The molecule has 1 aliphatic heterocycles. The number of amides is 1. The zero-order valence-electron chi connectivity index (χ0n) is 15.1. The molecule has 140 valence electrons. The number of benzene rings is 1. The number of likely N-dealkylation sites (tertiary alicyclic amines) is 1. The van der Waals surface area contributed by atoms with Crippen molar-refractivity contribution in [3.63, 3.8) is 0 Å². The highest BCUT2D eigenvalue weighted by atomic mass is 32.2. The summed E-state index contributed by atoms with van der Waals surface area (Å²) >= 11 is 1.36. The van der Waals surface area contributed by atoms with Gasteiger partial charge >= 0.3 is 0 Å². The summed E-state index contributed by atoms with van der Waals surface area (Å²) in [7, 11) is 1.65. The third-order valence-electron chi connectivity index (χ3n) is 4.59. The van der Waals surface area contributed by atoms with Crippen molar-refractivity contribution in [1.82, 2.24) is 14.5 Å². The van der Waals surface area contributed by atoms with E-state index in [1.54, 1.807) is 17.7 Å². The molecule has 0 N–H and O–H groups in total. The summed E-state index contributed by atoms with van der Waals surface area (Å²) in [6.07, 6.45) is 4.07. The number of carbonyl (C=O) groups is 1. The predicted molar refractivity (Wildman–Crippen MR) is 104 cm³/mol. The van der Waals surface area contributed by atoms with Crippen molar-refractivity contribution >= 4 is 28.6 Å². The van der Waals surface area contributed by atoms with E-state index in [4.69, 9.17) is 4.74 Å². The molecule has 1 aromatic carbocycles. The topological polar surface area (TPSA) is 64.4 Å². The third kappa shape index (κ3) is 4.45. The maximum absolute atomic E-state index is 12.9. The molecule has 0 atom stereocenters. The molecule has 0 spiro atoms. The Balaban J connectivity index is 1.81. The number of hydrogen-bond donors (Lipinski definition) is 0. The Morgan fingerprint density at radius 1 is 1.23 bits per heavy atom. The maximum Gasteiger partial charge on any atom is 0.262 e. The lowest BCUT2D eigenvalue weighted by Crippen LogP contribution is -2.37. The molecule has 3 rings (SSSR count). The fourth-order valence-corrected chi connectivity index (χ4v) is 4.11. The van der Waals surface area contributed by atoms with E-state index in [0.29, 0.717) is 35.0 Å². The van der Waals surface area contributed by atoms with Crippen LogP contribution in [-0.2, 0) is 16.1 Å². The van der Waals surface area contributed by atoms with Gasteiger partial charge in [-0.1, -0.05) is 23.9 Å². The normalized spacial score (nSPS) is 14.7. The summed E-state index contributed by atoms with van der Waals surface area (Å²) in [5, 5.41) is 1.21. The van der Waals surface area contributed by atoms with Gasteiger partial charge in [-0.15, -0.1) is 0 Å². The van der Waals surface area contributed by atoms with Crippen molar-refractivity contribution in [2.24, 2.45) is 0 Å². The van der Waals surface area contributed by atoms with Gasteiger partial charge in [0.2, 0.25) is 5.91 Å². The number of rotatable bonds is 7. The molecule has 1 aliphatic rings. The van der Waals surface area contributed by atoms with Gasteiger partial charge < -0.3 is 9.64 Å². The molecule has 0 saturated carbocycles. The standard InChI is InChI=1S/C19H25N3O3S/c1-25-13-7-12-22-18(24)15-8-3-4-9-16(15)20-19(22)26-14-17(23)21-10-5-2-6-11-21/h3-4,8-9H,2,5-7,10-14H2,1H3. The van der Waals surface area contributed by atoms with Crippen LogP contribution in [0.5, 0.6) is 0 Å². The SMILES string of the molecule is COCCCn1c(SCC(=O)N2CCCCC2)nc2ccccc2c1=O. The van der Waals surface area contributed by atoms with Crippen molar-refractivity contribution in [3.8, 4) is 0 Å². The van der Waals surface area contributed by atoms with Gasteiger partial charge in [0.25, 0.3) is 5.56 Å². The molecule has 26 heavy (non-hydrogen) atoms. The molecule has 0 bridgehead atoms. The lowest BCUT2D eigenvalue weighted by molar-refractivity contribution is -0.129. The highest BCUT2D eigenvalue weighted by Gasteiger charge is 2.18. The van der Waals surface area contributed by atoms with E-state index in [2.05, 4.69) is 4.98 Å². The first kappa shape index (κ1) is 18.9. The van der Waals surface area contributed by atoms with Gasteiger partial charge in [-0.05, 0) is 37.8 Å². The summed E-state index contributed by atoms with van der Waals surface area (Å²) in [6, 6.07) is 7.35. The van der Waals surface area contributed by atoms with Crippen LogP contribution in [0.25, 0.3) is 10.9 Å². The van der Waals surface area contributed by atoms with E-state index in [1.165, 1.54) is 18.2 Å². The number of carbonyl (C=O) groups excluding carboxylic acids is 1. The first-order chi connectivity index (χ1) is 12.7. The van der Waals surface area contributed by atoms with Gasteiger partial charge in [0.05, 0.1) is 16.7 Å². The number of para-hydroxylation sites is 1. The van der Waals surface area contributed by atoms with E-state index in [9.17, 15) is 9.59 Å². The van der Waals surface area contributed by atoms with E-state index in [1.807, 2.05) is 23.1 Å². The van der Waals surface area contributed by atoms with Gasteiger partial charge in [0.1, 0.15) is 0 Å². The summed E-state index contributed by atoms with van der Waals surface area (Å²) in [5.41, 5.74) is 0.619. The number of methoxy groups -OCH3 is 1. The highest BCUT2D eigenvalue weighted by molar-refractivity contribution is 7.99. The maximum atomic E-state index is 12.9. The monoisotopic (exact) mass is 375 g/mol. The predicted octanol–water partition coefficient (Wildman–Crippen LogP) is 2.54. The number of piperidine rings is 1. The average molecular weight is 375 g/mol. The zero-order chi connectivity index (χ0) is 18.4. The quantitative estimate of drug-likeness (QED) is 0.423. The minimum absolute atomic E-state index is 0.0559. The first-order valence-corrected chi connectivity index (χ1v) is 10.1. The average Bonchev–Trinajstić information content (AvgIpc) is 2.69. The van der Waals surface area contributed by atoms with Gasteiger partial charge in [0.15, 0.2) is 5.16 Å². The van der Waals surface area contributed by atoms with Crippen molar-refractivity contribution in [2.75, 3.05) is 32.6 Å². The Kier molecular flexibility index (Phi) is 6.68. The van der Waals surface area contributed by atoms with Gasteiger partial charge in [-0.2, -0.15) is 0 Å². The van der Waals surface area contributed by atoms with Crippen LogP contribution in [0.3, 0.4) is 0 Å². The van der Waals surface area contributed by atoms with Crippen molar-refractivity contribution < 1.29 is 9.53 Å². The van der Waals surface area contributed by atoms with Crippen LogP contribution < -0.4 is 5.56 Å². The number of nitrogens with zero attached hydrogens (tertiary/aromatic N) is 3. The molecule has 1 amide bonds. The van der Waals surface area contributed by atoms with Crippen LogP contribution in [0.2, 0.25) is 0 Å². The van der Waals surface area contributed by atoms with Crippen molar-refractivity contribution in [3.05, 3.63) is 34.6 Å². The second-order valence-electron chi connectivity index (χ2n) is 6.44. The van der Waals surface area contributed by atoms with E-state index in [-0.39, 0.29) is 11.5 Å². The van der Waals surface area contributed by atoms with Gasteiger partial charge in [-0.3, -0.25) is 14.2 Å². The Labute approximate surface area is 157 Å². The molecule has 1 saturated heterocycles. The number of ether oxygens (including phenoxy) is 1. The largest absolute Gasteiger partial charge is 0.385 e. The molecular formula is C19H25N3O3S. The highest BCUT2D eigenvalue weighted by Crippen LogP contribution is 2.20. The second kappa shape index (κ2) is 9.19. The zero-order valence-corrected chi connectivity index (χ0v) is 16.0. The molecule has 1 aromatic heterocycles. The molecule has 0 unspecified atom stereocenters. The van der Waals surface area contributed by atoms with Crippen LogP contribution in [0.1, 0.15) is 25.7 Å². The molecule has 7 heteroatoms. The third-order valence-corrected chi connectivity index (χ3v) is 5.55. The Bertz CT molecular complexity index is 815. The molecule has 2 heterocycles. The van der Waals surface area contributed by atoms with Gasteiger partial charge in [-0.25, -0.2) is 4.98 Å². The minimum atomic E-state index is -0.0559. The van der Waals surface area contributed by atoms with Crippen LogP contribution >= 0.6 is 11.8 Å². The summed E-state index contributed by atoms with van der Waals surface area (Å²) in [4.78, 5) is 31.9. The Morgan fingerprint density at radius 3 is 2.77 bits per heavy atom. The molecular weight excluding hydrogens is 350 g/mol. The molecule has 0 aliphatic carbocycles. The fourth-order valence-electron chi connectivity index (χ4n) is 3.18. The second-order valence-corrected chi connectivity index (χ2v) is 7.39. The summed E-state index contributed by atoms with van der Waals surface area (Å²) < 4.78 is 6.78. The number of fused-ring (bicyclic) bond motifs is 1. The molecule has 6 nitrogen and oxygen atoms in total. The molecule has 1 fully saturated rings.